The molecule has 2 heterocycles. The zero-order chi connectivity index (χ0) is 23.8. The predicted octanol–water partition coefficient (Wildman–Crippen LogP) is 2.19. The number of carbonyl (C=O) groups is 1. The molecular weight excluding hydrogens is 433 g/mol. The van der Waals surface area contributed by atoms with Crippen LogP contribution in [0.1, 0.15) is 40.2 Å². The van der Waals surface area contributed by atoms with Gasteiger partial charge in [-0.15, -0.1) is 0 Å². The maximum absolute atomic E-state index is 14.9. The number of nitrogens with one attached hydrogen (secondary N) is 1. The summed E-state index contributed by atoms with van der Waals surface area (Å²) in [6.07, 6.45) is 0. The second-order valence-electron chi connectivity index (χ2n) is 10.2. The molecule has 0 radical (unpaired) electrons. The monoisotopic (exact) mass is 469 g/mol. The van der Waals surface area contributed by atoms with Gasteiger partial charge in [0.25, 0.3) is 0 Å². The first-order valence-electron chi connectivity index (χ1n) is 11.2. The predicted molar refractivity (Wildman–Crippen MR) is 123 cm³/mol. The number of halogens is 1. The van der Waals surface area contributed by atoms with Crippen molar-refractivity contribution in [2.24, 2.45) is 5.92 Å². The lowest BCUT2D eigenvalue weighted by molar-refractivity contribution is -0.121. The molecule has 2 atom stereocenters. The van der Waals surface area contributed by atoms with Gasteiger partial charge in [-0.2, -0.15) is 0 Å². The van der Waals surface area contributed by atoms with E-state index in [2.05, 4.69) is 17.1 Å². The average Bonchev–Trinajstić information content (AvgIpc) is 2.93. The van der Waals surface area contributed by atoms with Crippen molar-refractivity contribution < 1.29 is 22.3 Å². The molecule has 2 aliphatic heterocycles. The average molecular weight is 470 g/mol. The van der Waals surface area contributed by atoms with Crippen molar-refractivity contribution in [2.45, 2.75) is 57.0 Å². The van der Waals surface area contributed by atoms with Crippen LogP contribution in [0.5, 0.6) is 0 Å². The maximum Gasteiger partial charge on any atom is 0.241 e. The molecule has 2 aliphatic rings. The Bertz CT molecular complexity index is 964. The first kappa shape index (κ1) is 25.1. The van der Waals surface area contributed by atoms with E-state index in [0.29, 0.717) is 30.9 Å². The lowest BCUT2D eigenvalue weighted by Crippen LogP contribution is -2.59. The van der Waals surface area contributed by atoms with Crippen molar-refractivity contribution in [2.75, 3.05) is 50.5 Å². The highest BCUT2D eigenvalue weighted by Crippen LogP contribution is 2.43. The topological polar surface area (TPSA) is 79.0 Å². The maximum atomic E-state index is 14.9. The van der Waals surface area contributed by atoms with Gasteiger partial charge in [-0.1, -0.05) is 27.7 Å². The Labute approximate surface area is 191 Å². The summed E-state index contributed by atoms with van der Waals surface area (Å²) in [5.41, 5.74) is 0.679. The standard InChI is InChI=1S/C23H36FN3O4S/c1-15(2)13-32(29,30)21-8-20-18(7-19(21)24)23(4,5)14-27(20)22(28)11-26-10-16(3)25-9-17(26)12-31-6/h7-8,15-17,25H,9-14H2,1-6H3/t16-,17-/m1/s1. The molecule has 32 heavy (non-hydrogen) atoms. The third-order valence-electron chi connectivity index (χ3n) is 6.24. The highest BCUT2D eigenvalue weighted by atomic mass is 32.2. The van der Waals surface area contributed by atoms with E-state index in [0.717, 1.165) is 6.54 Å². The van der Waals surface area contributed by atoms with E-state index in [4.69, 9.17) is 4.74 Å². The van der Waals surface area contributed by atoms with Crippen LogP contribution >= 0.6 is 0 Å². The normalized spacial score (nSPS) is 23.6. The molecule has 1 fully saturated rings. The lowest BCUT2D eigenvalue weighted by atomic mass is 9.87. The molecule has 1 aromatic carbocycles. The second kappa shape index (κ2) is 9.37. The molecule has 9 heteroatoms. The van der Waals surface area contributed by atoms with E-state index in [1.54, 1.807) is 25.9 Å². The van der Waals surface area contributed by atoms with E-state index < -0.39 is 21.1 Å². The Balaban J connectivity index is 1.93. The highest BCUT2D eigenvalue weighted by Gasteiger charge is 2.41. The molecule has 0 bridgehead atoms. The fourth-order valence-electron chi connectivity index (χ4n) is 4.70. The van der Waals surface area contributed by atoms with Gasteiger partial charge >= 0.3 is 0 Å². The van der Waals surface area contributed by atoms with E-state index in [-0.39, 0.29) is 41.1 Å². The first-order chi connectivity index (χ1) is 14.9. The molecule has 0 unspecified atom stereocenters. The van der Waals surface area contributed by atoms with Gasteiger partial charge in [-0.25, -0.2) is 12.8 Å². The zero-order valence-corrected chi connectivity index (χ0v) is 20.8. The zero-order valence-electron chi connectivity index (χ0n) is 19.9. The highest BCUT2D eigenvalue weighted by molar-refractivity contribution is 7.91. The van der Waals surface area contributed by atoms with Crippen LogP contribution in [-0.2, 0) is 24.8 Å². The van der Waals surface area contributed by atoms with Crippen LogP contribution in [-0.4, -0.2) is 77.0 Å². The van der Waals surface area contributed by atoms with Gasteiger partial charge in [0.05, 0.1) is 18.9 Å². The van der Waals surface area contributed by atoms with Crippen LogP contribution in [0.3, 0.4) is 0 Å². The molecule has 0 spiro atoms. The number of methoxy groups -OCH3 is 1. The number of amides is 1. The van der Waals surface area contributed by atoms with Gasteiger partial charge in [0.15, 0.2) is 9.84 Å². The Morgan fingerprint density at radius 3 is 2.66 bits per heavy atom. The van der Waals surface area contributed by atoms with Gasteiger partial charge in [0.2, 0.25) is 5.91 Å². The molecule has 7 nitrogen and oxygen atoms in total. The summed E-state index contributed by atoms with van der Waals surface area (Å²) in [7, 11) is -2.15. The second-order valence-corrected chi connectivity index (χ2v) is 12.2. The minimum absolute atomic E-state index is 0.0745. The number of nitrogens with zero attached hydrogens (tertiary/aromatic N) is 2. The number of benzene rings is 1. The SMILES string of the molecule is COC[C@H]1CN[C@H](C)CN1CC(=O)N1CC(C)(C)c2cc(F)c(S(=O)(=O)CC(C)C)cc21. The van der Waals surface area contributed by atoms with Crippen LogP contribution < -0.4 is 10.2 Å². The van der Waals surface area contributed by atoms with Crippen molar-refractivity contribution in [3.8, 4) is 0 Å². The van der Waals surface area contributed by atoms with Crippen molar-refractivity contribution in [3.63, 3.8) is 0 Å². The molecule has 1 amide bonds. The minimum atomic E-state index is -3.80. The van der Waals surface area contributed by atoms with E-state index >= 15 is 0 Å². The largest absolute Gasteiger partial charge is 0.383 e. The molecular formula is C23H36FN3O4S. The molecule has 0 aromatic heterocycles. The van der Waals surface area contributed by atoms with Crippen LogP contribution in [0.15, 0.2) is 17.0 Å². The van der Waals surface area contributed by atoms with Crippen LogP contribution in [0.2, 0.25) is 0 Å². The number of rotatable bonds is 7. The van der Waals surface area contributed by atoms with Crippen molar-refractivity contribution in [3.05, 3.63) is 23.5 Å². The molecule has 180 valence electrons. The van der Waals surface area contributed by atoms with E-state index in [1.807, 2.05) is 13.8 Å². The van der Waals surface area contributed by atoms with E-state index in [9.17, 15) is 17.6 Å². The number of hydrogen-bond donors (Lipinski definition) is 1. The number of ether oxygens (including phenoxy) is 1. The van der Waals surface area contributed by atoms with Crippen LogP contribution in [0.25, 0.3) is 0 Å². The number of piperazine rings is 1. The molecule has 0 saturated carbocycles. The molecule has 1 aromatic rings. The van der Waals surface area contributed by atoms with Gasteiger partial charge in [0, 0.05) is 49.9 Å². The number of fused-ring (bicyclic) bond motifs is 1. The minimum Gasteiger partial charge on any atom is -0.383 e. The van der Waals surface area contributed by atoms with Crippen molar-refractivity contribution in [1.29, 1.82) is 0 Å². The van der Waals surface area contributed by atoms with Gasteiger partial charge in [-0.3, -0.25) is 9.69 Å². The number of anilines is 1. The van der Waals surface area contributed by atoms with E-state index in [1.165, 1.54) is 12.1 Å². The van der Waals surface area contributed by atoms with Gasteiger partial charge < -0.3 is 15.0 Å². The summed E-state index contributed by atoms with van der Waals surface area (Å²) in [6, 6.07) is 2.99. The summed E-state index contributed by atoms with van der Waals surface area (Å²) >= 11 is 0. The summed E-state index contributed by atoms with van der Waals surface area (Å²) in [5.74, 6) is -1.14. The summed E-state index contributed by atoms with van der Waals surface area (Å²) < 4.78 is 45.8. The Morgan fingerprint density at radius 2 is 2.03 bits per heavy atom. The first-order valence-corrected chi connectivity index (χ1v) is 12.8. The van der Waals surface area contributed by atoms with Crippen LogP contribution in [0.4, 0.5) is 10.1 Å². The molecule has 0 aliphatic carbocycles. The molecule has 1 N–H and O–H groups in total. The third kappa shape index (κ3) is 5.16. The number of carbonyl (C=O) groups excluding carboxylic acids is 1. The van der Waals surface area contributed by atoms with Gasteiger partial charge in [0.1, 0.15) is 10.7 Å². The van der Waals surface area contributed by atoms with Gasteiger partial charge in [-0.05, 0) is 30.5 Å². The molecule has 1 saturated heterocycles. The van der Waals surface area contributed by atoms with Crippen molar-refractivity contribution >= 4 is 21.4 Å². The Kier molecular flexibility index (Phi) is 7.34. The summed E-state index contributed by atoms with van der Waals surface area (Å²) in [6.45, 7) is 12.1. The molecule has 3 rings (SSSR count). The van der Waals surface area contributed by atoms with Crippen molar-refractivity contribution in [1.82, 2.24) is 10.2 Å². The number of hydrogen-bond acceptors (Lipinski definition) is 6. The quantitative estimate of drug-likeness (QED) is 0.660. The fraction of sp³-hybridized carbons (Fsp3) is 0.696. The summed E-state index contributed by atoms with van der Waals surface area (Å²) in [5, 5.41) is 3.41. The van der Waals surface area contributed by atoms with Crippen LogP contribution in [0, 0.1) is 11.7 Å². The smallest absolute Gasteiger partial charge is 0.241 e. The number of sulfone groups is 1. The Morgan fingerprint density at radius 1 is 1.34 bits per heavy atom. The lowest BCUT2D eigenvalue weighted by Gasteiger charge is -2.39. The summed E-state index contributed by atoms with van der Waals surface area (Å²) in [4.78, 5) is 16.8. The Hall–Kier alpha value is -1.55. The fourth-order valence-corrected chi connectivity index (χ4v) is 6.41. The third-order valence-corrected chi connectivity index (χ3v) is 8.32.